The van der Waals surface area contributed by atoms with Gasteiger partial charge in [0.2, 0.25) is 11.8 Å². The van der Waals surface area contributed by atoms with Crippen molar-refractivity contribution in [3.63, 3.8) is 0 Å². The second-order valence-electron chi connectivity index (χ2n) is 6.36. The van der Waals surface area contributed by atoms with Crippen molar-refractivity contribution in [2.75, 3.05) is 10.6 Å². The van der Waals surface area contributed by atoms with Crippen LogP contribution in [0.1, 0.15) is 19.5 Å². The molecule has 28 heavy (non-hydrogen) atoms. The van der Waals surface area contributed by atoms with Crippen molar-refractivity contribution in [1.29, 1.82) is 0 Å². The van der Waals surface area contributed by atoms with E-state index in [2.05, 4.69) is 25.6 Å². The number of amides is 2. The molecule has 0 aliphatic heterocycles. The first-order chi connectivity index (χ1) is 13.4. The number of nitrogens with one attached hydrogen (secondary N) is 2. The number of nitrogens with zero attached hydrogens (tertiary/aromatic N) is 3. The van der Waals surface area contributed by atoms with Crippen LogP contribution in [0, 0.1) is 5.92 Å². The Morgan fingerprint density at radius 2 is 1.93 bits per heavy atom. The van der Waals surface area contributed by atoms with Crippen molar-refractivity contribution in [3.8, 4) is 17.1 Å². The highest BCUT2D eigenvalue weighted by Crippen LogP contribution is 2.20. The summed E-state index contributed by atoms with van der Waals surface area (Å²) in [7, 11) is 0. The van der Waals surface area contributed by atoms with E-state index in [0.29, 0.717) is 27.9 Å². The number of benzene rings is 1. The Kier molecular flexibility index (Phi) is 5.95. The van der Waals surface area contributed by atoms with Gasteiger partial charge >= 0.3 is 0 Å². The molecule has 8 nitrogen and oxygen atoms in total. The number of carbonyl (C=O) groups is 2. The lowest BCUT2D eigenvalue weighted by molar-refractivity contribution is -0.119. The number of phenolic OH excluding ortho intramolecular Hbond substituents is 1. The first-order valence-electron chi connectivity index (χ1n) is 8.57. The number of thiazole rings is 1. The van der Waals surface area contributed by atoms with Gasteiger partial charge in [-0.25, -0.2) is 15.0 Å². The number of hydrogen-bond donors (Lipinski definition) is 3. The highest BCUT2D eigenvalue weighted by molar-refractivity contribution is 7.13. The summed E-state index contributed by atoms with van der Waals surface area (Å²) in [5, 5.41) is 17.2. The maximum Gasteiger partial charge on any atom is 0.230 e. The number of phenols is 1. The lowest BCUT2D eigenvalue weighted by Crippen LogP contribution is -2.18. The number of rotatable bonds is 6. The van der Waals surface area contributed by atoms with Gasteiger partial charge in [0.05, 0.1) is 30.2 Å². The molecule has 3 N–H and O–H groups in total. The minimum atomic E-state index is -0.263. The van der Waals surface area contributed by atoms with Crippen LogP contribution in [0.3, 0.4) is 0 Å². The molecule has 2 amide bonds. The van der Waals surface area contributed by atoms with Crippen molar-refractivity contribution in [2.45, 2.75) is 20.3 Å². The van der Waals surface area contributed by atoms with E-state index in [9.17, 15) is 14.7 Å². The number of aromatic nitrogens is 3. The standard InChI is InChI=1S/C19H19N5O3S/c1-11(2)18(27)24-19-23-13(10-28-19)7-16(26)22-14-8-20-17(21-9-14)12-4-3-5-15(25)6-12/h3-6,8-11,25H,7H2,1-2H3,(H,22,26)(H,23,24,27). The lowest BCUT2D eigenvalue weighted by atomic mass is 10.2. The fourth-order valence-corrected chi connectivity index (χ4v) is 2.96. The van der Waals surface area contributed by atoms with Crippen molar-refractivity contribution >= 4 is 34.0 Å². The van der Waals surface area contributed by atoms with Gasteiger partial charge in [-0.1, -0.05) is 26.0 Å². The van der Waals surface area contributed by atoms with Crippen LogP contribution in [-0.2, 0) is 16.0 Å². The number of carbonyl (C=O) groups excluding carboxylic acids is 2. The first-order valence-corrected chi connectivity index (χ1v) is 9.45. The van der Waals surface area contributed by atoms with E-state index >= 15 is 0 Å². The van der Waals surface area contributed by atoms with Gasteiger partial charge in [-0.3, -0.25) is 9.59 Å². The van der Waals surface area contributed by atoms with Crippen LogP contribution in [0.15, 0.2) is 42.0 Å². The zero-order valence-corrected chi connectivity index (χ0v) is 16.2. The van der Waals surface area contributed by atoms with E-state index in [4.69, 9.17) is 0 Å². The summed E-state index contributed by atoms with van der Waals surface area (Å²) in [5.41, 5.74) is 1.70. The summed E-state index contributed by atoms with van der Waals surface area (Å²) in [6.07, 6.45) is 3.07. The molecule has 0 spiro atoms. The van der Waals surface area contributed by atoms with Gasteiger partial charge in [0.25, 0.3) is 0 Å². The van der Waals surface area contributed by atoms with E-state index in [1.165, 1.54) is 23.7 Å². The third kappa shape index (κ3) is 5.10. The highest BCUT2D eigenvalue weighted by atomic mass is 32.1. The Labute approximate surface area is 165 Å². The van der Waals surface area contributed by atoms with Gasteiger partial charge in [-0.15, -0.1) is 11.3 Å². The summed E-state index contributed by atoms with van der Waals surface area (Å²) in [5.74, 6) is 0.0539. The molecule has 144 valence electrons. The molecule has 0 aliphatic rings. The summed E-state index contributed by atoms with van der Waals surface area (Å²) in [6.45, 7) is 3.59. The predicted octanol–water partition coefficient (Wildman–Crippen LogP) is 3.08. The zero-order chi connectivity index (χ0) is 20.1. The third-order valence-corrected chi connectivity index (χ3v) is 4.49. The largest absolute Gasteiger partial charge is 0.508 e. The zero-order valence-electron chi connectivity index (χ0n) is 15.3. The molecule has 0 bridgehead atoms. The predicted molar refractivity (Wildman–Crippen MR) is 107 cm³/mol. The van der Waals surface area contributed by atoms with Crippen LogP contribution < -0.4 is 10.6 Å². The quantitative estimate of drug-likeness (QED) is 0.588. The summed E-state index contributed by atoms with van der Waals surface area (Å²) in [4.78, 5) is 36.5. The molecule has 0 aliphatic carbocycles. The van der Waals surface area contributed by atoms with Gasteiger partial charge < -0.3 is 15.7 Å². The van der Waals surface area contributed by atoms with Gasteiger partial charge in [0.1, 0.15) is 5.75 Å². The molecule has 0 saturated heterocycles. The second kappa shape index (κ2) is 8.57. The lowest BCUT2D eigenvalue weighted by Gasteiger charge is -2.05. The maximum absolute atomic E-state index is 12.2. The molecule has 2 aromatic heterocycles. The molecule has 0 saturated carbocycles. The average Bonchev–Trinajstić information content (AvgIpc) is 3.08. The van der Waals surface area contributed by atoms with E-state index in [1.807, 2.05) is 0 Å². The summed E-state index contributed by atoms with van der Waals surface area (Å²) < 4.78 is 0. The molecule has 0 radical (unpaired) electrons. The van der Waals surface area contributed by atoms with E-state index in [1.54, 1.807) is 43.5 Å². The van der Waals surface area contributed by atoms with Crippen LogP contribution in [0.5, 0.6) is 5.75 Å². The highest BCUT2D eigenvalue weighted by Gasteiger charge is 2.12. The van der Waals surface area contributed by atoms with Crippen molar-refractivity contribution in [3.05, 3.63) is 47.7 Å². The van der Waals surface area contributed by atoms with Crippen LogP contribution in [0.25, 0.3) is 11.4 Å². The maximum atomic E-state index is 12.2. The number of anilines is 2. The molecule has 9 heteroatoms. The Bertz CT molecular complexity index is 985. The fourth-order valence-electron chi connectivity index (χ4n) is 2.25. The summed E-state index contributed by atoms with van der Waals surface area (Å²) >= 11 is 1.28. The number of aromatic hydroxyl groups is 1. The fraction of sp³-hybridized carbons (Fsp3) is 0.211. The Balaban J connectivity index is 1.58. The summed E-state index contributed by atoms with van der Waals surface area (Å²) in [6, 6.07) is 6.61. The van der Waals surface area contributed by atoms with Crippen LogP contribution in [0.4, 0.5) is 10.8 Å². The molecule has 0 unspecified atom stereocenters. The van der Waals surface area contributed by atoms with Crippen LogP contribution >= 0.6 is 11.3 Å². The molecule has 3 aromatic rings. The van der Waals surface area contributed by atoms with Crippen molar-refractivity contribution in [1.82, 2.24) is 15.0 Å². The molecule has 3 rings (SSSR count). The third-order valence-electron chi connectivity index (χ3n) is 3.69. The Hall–Kier alpha value is -3.33. The van der Waals surface area contributed by atoms with E-state index in [0.717, 1.165) is 0 Å². The van der Waals surface area contributed by atoms with Crippen molar-refractivity contribution in [2.24, 2.45) is 5.92 Å². The van der Waals surface area contributed by atoms with E-state index in [-0.39, 0.29) is 29.9 Å². The number of hydrogen-bond acceptors (Lipinski definition) is 7. The molecule has 0 fully saturated rings. The molecule has 2 heterocycles. The SMILES string of the molecule is CC(C)C(=O)Nc1nc(CC(=O)Nc2cnc(-c3cccc(O)c3)nc2)cs1. The molecular weight excluding hydrogens is 378 g/mol. The minimum absolute atomic E-state index is 0.0718. The second-order valence-corrected chi connectivity index (χ2v) is 7.22. The molecule has 1 aromatic carbocycles. The van der Waals surface area contributed by atoms with Gasteiger partial charge in [0, 0.05) is 16.9 Å². The van der Waals surface area contributed by atoms with Gasteiger partial charge in [-0.05, 0) is 12.1 Å². The Morgan fingerprint density at radius 1 is 1.18 bits per heavy atom. The topological polar surface area (TPSA) is 117 Å². The smallest absolute Gasteiger partial charge is 0.230 e. The molecular formula is C19H19N5O3S. The van der Waals surface area contributed by atoms with Crippen LogP contribution in [-0.4, -0.2) is 31.9 Å². The normalized spacial score (nSPS) is 10.7. The average molecular weight is 397 g/mol. The first kappa shape index (κ1) is 19.4. The molecule has 0 atom stereocenters. The van der Waals surface area contributed by atoms with Crippen LogP contribution in [0.2, 0.25) is 0 Å². The van der Waals surface area contributed by atoms with Gasteiger partial charge in [0.15, 0.2) is 11.0 Å². The minimum Gasteiger partial charge on any atom is -0.508 e. The van der Waals surface area contributed by atoms with Crippen molar-refractivity contribution < 1.29 is 14.7 Å². The monoisotopic (exact) mass is 397 g/mol. The van der Waals surface area contributed by atoms with E-state index < -0.39 is 0 Å². The Morgan fingerprint density at radius 3 is 2.61 bits per heavy atom. The van der Waals surface area contributed by atoms with Gasteiger partial charge in [-0.2, -0.15) is 0 Å².